The summed E-state index contributed by atoms with van der Waals surface area (Å²) in [4.78, 5) is 8.60. The second-order valence-corrected chi connectivity index (χ2v) is 5.00. The molecule has 0 amide bonds. The zero-order chi connectivity index (χ0) is 14.5. The van der Waals surface area contributed by atoms with Gasteiger partial charge in [0.1, 0.15) is 18.0 Å². The number of benzene rings is 1. The smallest absolute Gasteiger partial charge is 0.134 e. The largest absolute Gasteiger partial charge is 0.370 e. The number of aryl methyl sites for hydroxylation is 1. The van der Waals surface area contributed by atoms with Crippen LogP contribution in [-0.2, 0) is 0 Å². The Balaban J connectivity index is 2.17. The van der Waals surface area contributed by atoms with E-state index in [1.807, 2.05) is 6.92 Å². The zero-order valence-electron chi connectivity index (χ0n) is 12.6. The van der Waals surface area contributed by atoms with Gasteiger partial charge in [-0.15, -0.1) is 0 Å². The molecular weight excluding hydrogens is 248 g/mol. The molecule has 0 fully saturated rings. The second kappa shape index (κ2) is 6.37. The van der Waals surface area contributed by atoms with Gasteiger partial charge < -0.3 is 10.6 Å². The van der Waals surface area contributed by atoms with Crippen LogP contribution in [0.3, 0.4) is 0 Å². The van der Waals surface area contributed by atoms with Crippen LogP contribution in [0.1, 0.15) is 36.6 Å². The highest BCUT2D eigenvalue weighted by atomic mass is 15.1. The van der Waals surface area contributed by atoms with Gasteiger partial charge in [0.2, 0.25) is 0 Å². The van der Waals surface area contributed by atoms with Gasteiger partial charge in [-0.2, -0.15) is 0 Å². The molecule has 0 aliphatic carbocycles. The number of anilines is 2. The van der Waals surface area contributed by atoms with Gasteiger partial charge in [-0.05, 0) is 33.3 Å². The van der Waals surface area contributed by atoms with Crippen molar-refractivity contribution in [2.75, 3.05) is 17.2 Å². The van der Waals surface area contributed by atoms with Crippen molar-refractivity contribution in [3.63, 3.8) is 0 Å². The zero-order valence-corrected chi connectivity index (χ0v) is 12.6. The summed E-state index contributed by atoms with van der Waals surface area (Å²) >= 11 is 0. The van der Waals surface area contributed by atoms with Gasteiger partial charge in [-0.1, -0.05) is 29.8 Å². The monoisotopic (exact) mass is 270 g/mol. The minimum atomic E-state index is 0.207. The highest BCUT2D eigenvalue weighted by Crippen LogP contribution is 2.23. The molecule has 2 rings (SSSR count). The summed E-state index contributed by atoms with van der Waals surface area (Å²) in [7, 11) is 0. The molecule has 0 saturated carbocycles. The second-order valence-electron chi connectivity index (χ2n) is 5.00. The number of nitrogens with one attached hydrogen (secondary N) is 2. The summed E-state index contributed by atoms with van der Waals surface area (Å²) in [5, 5.41) is 6.70. The fraction of sp³-hybridized carbons (Fsp3) is 0.375. The molecule has 0 spiro atoms. The molecule has 4 nitrogen and oxygen atoms in total. The van der Waals surface area contributed by atoms with Crippen LogP contribution < -0.4 is 10.6 Å². The molecular formula is C16H22N4. The van der Waals surface area contributed by atoms with Crippen LogP contribution in [-0.4, -0.2) is 16.5 Å². The quantitative estimate of drug-likeness (QED) is 0.870. The lowest BCUT2D eigenvalue weighted by Gasteiger charge is -2.18. The average molecular weight is 270 g/mol. The van der Waals surface area contributed by atoms with Crippen molar-refractivity contribution in [1.29, 1.82) is 0 Å². The Bertz CT molecular complexity index is 563. The molecule has 1 aromatic heterocycles. The molecule has 0 aliphatic rings. The van der Waals surface area contributed by atoms with E-state index in [1.165, 1.54) is 11.1 Å². The Morgan fingerprint density at radius 2 is 1.70 bits per heavy atom. The van der Waals surface area contributed by atoms with E-state index in [1.54, 1.807) is 6.33 Å². The lowest BCUT2D eigenvalue weighted by Crippen LogP contribution is -2.11. The first-order valence-electron chi connectivity index (χ1n) is 7.00. The van der Waals surface area contributed by atoms with E-state index in [0.717, 1.165) is 23.7 Å². The van der Waals surface area contributed by atoms with Crippen LogP contribution in [0.2, 0.25) is 0 Å². The Kier molecular flexibility index (Phi) is 4.56. The Labute approximate surface area is 120 Å². The molecule has 0 radical (unpaired) electrons. The van der Waals surface area contributed by atoms with Gasteiger partial charge in [0.05, 0.1) is 0 Å². The Hall–Kier alpha value is -2.10. The molecule has 1 aromatic carbocycles. The molecule has 1 unspecified atom stereocenters. The molecule has 1 heterocycles. The van der Waals surface area contributed by atoms with Crippen molar-refractivity contribution in [3.05, 3.63) is 47.3 Å². The number of hydrogen-bond donors (Lipinski definition) is 2. The van der Waals surface area contributed by atoms with E-state index in [0.29, 0.717) is 0 Å². The molecule has 4 heteroatoms. The summed E-state index contributed by atoms with van der Waals surface area (Å²) in [6.07, 6.45) is 1.59. The minimum Gasteiger partial charge on any atom is -0.370 e. The van der Waals surface area contributed by atoms with Crippen LogP contribution >= 0.6 is 0 Å². The van der Waals surface area contributed by atoms with Crippen LogP contribution in [0.5, 0.6) is 0 Å². The predicted octanol–water partition coefficient (Wildman–Crippen LogP) is 3.70. The Morgan fingerprint density at radius 1 is 1.05 bits per heavy atom. The maximum atomic E-state index is 4.34. The molecule has 1 atom stereocenters. The fourth-order valence-corrected chi connectivity index (χ4v) is 2.08. The fourth-order valence-electron chi connectivity index (χ4n) is 2.08. The molecule has 20 heavy (non-hydrogen) atoms. The summed E-state index contributed by atoms with van der Waals surface area (Å²) in [5.74, 6) is 1.77. The van der Waals surface area contributed by atoms with Crippen LogP contribution in [0.15, 0.2) is 30.6 Å². The van der Waals surface area contributed by atoms with Crippen LogP contribution in [0.4, 0.5) is 11.6 Å². The van der Waals surface area contributed by atoms with E-state index >= 15 is 0 Å². The highest BCUT2D eigenvalue weighted by Gasteiger charge is 2.10. The summed E-state index contributed by atoms with van der Waals surface area (Å²) in [6.45, 7) is 9.18. The lowest BCUT2D eigenvalue weighted by atomic mass is 10.1. The molecule has 106 valence electrons. The average Bonchev–Trinajstić information content (AvgIpc) is 2.44. The number of aromatic nitrogens is 2. The van der Waals surface area contributed by atoms with Crippen molar-refractivity contribution in [3.8, 4) is 0 Å². The molecule has 2 N–H and O–H groups in total. The number of hydrogen-bond acceptors (Lipinski definition) is 4. The van der Waals surface area contributed by atoms with E-state index in [4.69, 9.17) is 0 Å². The van der Waals surface area contributed by atoms with Crippen molar-refractivity contribution in [2.24, 2.45) is 0 Å². The first-order valence-corrected chi connectivity index (χ1v) is 7.00. The number of nitrogens with zero attached hydrogens (tertiary/aromatic N) is 2. The van der Waals surface area contributed by atoms with Crippen LogP contribution in [0.25, 0.3) is 0 Å². The normalized spacial score (nSPS) is 12.0. The summed E-state index contributed by atoms with van der Waals surface area (Å²) in [5.41, 5.74) is 3.57. The van der Waals surface area contributed by atoms with Crippen LogP contribution in [0, 0.1) is 13.8 Å². The van der Waals surface area contributed by atoms with E-state index in [9.17, 15) is 0 Å². The van der Waals surface area contributed by atoms with Gasteiger partial charge in [0.25, 0.3) is 0 Å². The van der Waals surface area contributed by atoms with Crippen molar-refractivity contribution >= 4 is 11.6 Å². The molecule has 0 bridgehead atoms. The third-order valence-corrected chi connectivity index (χ3v) is 3.36. The first-order chi connectivity index (χ1) is 9.61. The maximum Gasteiger partial charge on any atom is 0.134 e. The number of rotatable bonds is 5. The highest BCUT2D eigenvalue weighted by molar-refractivity contribution is 5.57. The van der Waals surface area contributed by atoms with Gasteiger partial charge in [0.15, 0.2) is 0 Å². The molecule has 0 aliphatic heterocycles. The first kappa shape index (κ1) is 14.3. The van der Waals surface area contributed by atoms with Gasteiger partial charge in [-0.3, -0.25) is 0 Å². The minimum absolute atomic E-state index is 0.207. The predicted molar refractivity (Wildman–Crippen MR) is 84.1 cm³/mol. The summed E-state index contributed by atoms with van der Waals surface area (Å²) in [6, 6.07) is 8.76. The standard InChI is InChI=1S/C16H22N4/c1-5-17-15-12(3)16(19-10-18-15)20-13(4)14-8-6-11(2)7-9-14/h6-10,13H,5H2,1-4H3,(H2,17,18,19,20). The van der Waals surface area contributed by atoms with Crippen molar-refractivity contribution in [1.82, 2.24) is 9.97 Å². The third-order valence-electron chi connectivity index (χ3n) is 3.36. The Morgan fingerprint density at radius 3 is 2.35 bits per heavy atom. The lowest BCUT2D eigenvalue weighted by molar-refractivity contribution is 0.867. The summed E-state index contributed by atoms with van der Waals surface area (Å²) < 4.78 is 0. The molecule has 0 saturated heterocycles. The third kappa shape index (κ3) is 3.26. The van der Waals surface area contributed by atoms with E-state index in [2.05, 4.69) is 65.6 Å². The SMILES string of the molecule is CCNc1ncnc(NC(C)c2ccc(C)cc2)c1C. The van der Waals surface area contributed by atoms with E-state index < -0.39 is 0 Å². The maximum absolute atomic E-state index is 4.34. The topological polar surface area (TPSA) is 49.8 Å². The van der Waals surface area contributed by atoms with Crippen molar-refractivity contribution in [2.45, 2.75) is 33.7 Å². The van der Waals surface area contributed by atoms with Gasteiger partial charge in [-0.25, -0.2) is 9.97 Å². The van der Waals surface area contributed by atoms with Crippen molar-refractivity contribution < 1.29 is 0 Å². The van der Waals surface area contributed by atoms with Gasteiger partial charge in [0, 0.05) is 18.2 Å². The van der Waals surface area contributed by atoms with E-state index in [-0.39, 0.29) is 6.04 Å². The molecule has 2 aromatic rings. The van der Waals surface area contributed by atoms with Gasteiger partial charge >= 0.3 is 0 Å².